The van der Waals surface area contributed by atoms with Gasteiger partial charge in [-0.1, -0.05) is 0 Å². The number of rotatable bonds is 17. The Morgan fingerprint density at radius 1 is 0.464 bits per heavy atom. The molecular weight excluding hydrogens is 776 g/mol. The van der Waals surface area contributed by atoms with Crippen LogP contribution in [0.4, 0.5) is 0 Å². The summed E-state index contributed by atoms with van der Waals surface area (Å²) in [5.41, 5.74) is 0. The number of aliphatic hydroxyl groups excluding tert-OH is 17. The largest absolute Gasteiger partial charge is 0.394 e. The Balaban J connectivity index is 1.43. The van der Waals surface area contributed by atoms with Crippen LogP contribution in [0.5, 0.6) is 0 Å². The molecule has 17 N–H and O–H groups in total. The van der Waals surface area contributed by atoms with Crippen LogP contribution in [0.1, 0.15) is 0 Å². The van der Waals surface area contributed by atoms with E-state index in [1.54, 1.807) is 0 Å². The van der Waals surface area contributed by atoms with Gasteiger partial charge >= 0.3 is 0 Å². The number of ether oxygens (including phenoxy) is 8. The van der Waals surface area contributed by atoms with Gasteiger partial charge in [-0.25, -0.2) is 0 Å². The van der Waals surface area contributed by atoms with Crippen molar-refractivity contribution in [1.82, 2.24) is 0 Å². The maximum absolute atomic E-state index is 11.1. The Labute approximate surface area is 316 Å². The molecule has 0 amide bonds. The standard InChI is InChI=1S/C30H52O26/c31-1-7(37)13(39)23(8(38)2-32)53-28-20(46)16(42)25(10(4-34)50-28)55-30-22(48)18(44)26(12(6-36)52-30)56-29-21(47)17(43)24(11(5-35)51-29)54-27-19(45)15(41)14(40)9(3-33)49-27/h1,7-30,32-48H,2-6H2/t7?,8?,9?,10?,11?,12?,13-,14+,15+,16-,17-,18-,19?,20?,21?,22?,23-,24-,25-,26-,27+,28+,29+,30+/m1/s1. The zero-order chi connectivity index (χ0) is 41.8. The lowest BCUT2D eigenvalue weighted by Gasteiger charge is -2.49. The van der Waals surface area contributed by atoms with Gasteiger partial charge in [-0.2, -0.15) is 0 Å². The van der Waals surface area contributed by atoms with E-state index in [0.717, 1.165) is 0 Å². The smallest absolute Gasteiger partial charge is 0.187 e. The molecule has 4 saturated heterocycles. The molecular formula is C30H52O26. The molecule has 0 spiro atoms. The molecule has 0 aromatic carbocycles. The molecule has 4 heterocycles. The van der Waals surface area contributed by atoms with Crippen LogP contribution in [0.3, 0.4) is 0 Å². The number of aliphatic hydroxyl groups is 17. The lowest BCUT2D eigenvalue weighted by molar-refractivity contribution is -0.390. The summed E-state index contributed by atoms with van der Waals surface area (Å²) in [5.74, 6) is 0. The number of hydrogen-bond donors (Lipinski definition) is 17. The molecule has 4 aliphatic rings. The van der Waals surface area contributed by atoms with Gasteiger partial charge < -0.3 is 130 Å². The van der Waals surface area contributed by atoms with E-state index in [-0.39, 0.29) is 6.29 Å². The van der Waals surface area contributed by atoms with Crippen molar-refractivity contribution >= 4 is 6.29 Å². The van der Waals surface area contributed by atoms with E-state index < -0.39 is 180 Å². The fraction of sp³-hybridized carbons (Fsp3) is 0.967. The van der Waals surface area contributed by atoms with Crippen molar-refractivity contribution in [1.29, 1.82) is 0 Å². The van der Waals surface area contributed by atoms with Gasteiger partial charge in [0.2, 0.25) is 0 Å². The highest BCUT2D eigenvalue weighted by molar-refractivity contribution is 5.56. The molecule has 0 radical (unpaired) electrons. The van der Waals surface area contributed by atoms with E-state index in [4.69, 9.17) is 37.9 Å². The van der Waals surface area contributed by atoms with Crippen molar-refractivity contribution in [3.05, 3.63) is 0 Å². The first-order valence-electron chi connectivity index (χ1n) is 17.4. The Kier molecular flexibility index (Phi) is 17.6. The number of hydrogen-bond acceptors (Lipinski definition) is 26. The average Bonchev–Trinajstić information content (AvgIpc) is 3.20. The molecule has 26 heteroatoms. The lowest BCUT2D eigenvalue weighted by Crippen LogP contribution is -2.67. The SMILES string of the molecule is O=CC(O)[C@@H](O)[C@H](O[C@@H]1OC(CO)[C@@H](O[C@@H]2OC(CO)[C@@H](O[C@@H]3OC(CO)[C@@H](O[C@@H]4OC(CO)[C@H](O)[C@H](O)C4O)[C@H](O)C3O)[C@H](O)C2O)[C@H](O)C1O)C(O)CO. The number of aldehydes is 1. The normalized spacial score (nSPS) is 47.2. The molecule has 0 aromatic heterocycles. The summed E-state index contributed by atoms with van der Waals surface area (Å²) in [7, 11) is 0. The lowest BCUT2D eigenvalue weighted by atomic mass is 9.95. The minimum Gasteiger partial charge on any atom is -0.394 e. The van der Waals surface area contributed by atoms with Gasteiger partial charge in [-0.3, -0.25) is 0 Å². The average molecular weight is 829 g/mol. The van der Waals surface area contributed by atoms with Gasteiger partial charge in [0, 0.05) is 0 Å². The molecule has 4 aliphatic heterocycles. The number of carbonyl (C=O) groups is 1. The molecule has 0 saturated carbocycles. The zero-order valence-corrected chi connectivity index (χ0v) is 29.2. The first-order valence-corrected chi connectivity index (χ1v) is 17.4. The van der Waals surface area contributed by atoms with E-state index in [9.17, 15) is 91.6 Å². The number of carbonyl (C=O) groups excluding carboxylic acids is 1. The quantitative estimate of drug-likeness (QED) is 0.0605. The molecule has 4 fully saturated rings. The molecule has 10 unspecified atom stereocenters. The maximum Gasteiger partial charge on any atom is 0.187 e. The molecule has 328 valence electrons. The van der Waals surface area contributed by atoms with Crippen LogP contribution >= 0.6 is 0 Å². The zero-order valence-electron chi connectivity index (χ0n) is 29.2. The first-order chi connectivity index (χ1) is 26.5. The van der Waals surface area contributed by atoms with Crippen LogP contribution in [0.25, 0.3) is 0 Å². The summed E-state index contributed by atoms with van der Waals surface area (Å²) < 4.78 is 43.6. The van der Waals surface area contributed by atoms with Crippen LogP contribution in [0, 0.1) is 0 Å². The van der Waals surface area contributed by atoms with E-state index in [1.165, 1.54) is 0 Å². The van der Waals surface area contributed by atoms with E-state index >= 15 is 0 Å². The fourth-order valence-corrected chi connectivity index (χ4v) is 6.58. The Morgan fingerprint density at radius 3 is 1.16 bits per heavy atom. The molecule has 0 aromatic rings. The molecule has 0 aliphatic carbocycles. The summed E-state index contributed by atoms with van der Waals surface area (Å²) in [4.78, 5) is 11.0. The van der Waals surface area contributed by atoms with Crippen molar-refractivity contribution in [2.24, 2.45) is 0 Å². The highest BCUT2D eigenvalue weighted by atomic mass is 16.8. The van der Waals surface area contributed by atoms with Crippen LogP contribution in [0.15, 0.2) is 0 Å². The maximum atomic E-state index is 11.1. The summed E-state index contributed by atoms with van der Waals surface area (Å²) in [6.07, 6.45) is -46.1. The van der Waals surface area contributed by atoms with Crippen LogP contribution in [0.2, 0.25) is 0 Å². The molecule has 24 atom stereocenters. The molecule has 26 nitrogen and oxygen atoms in total. The fourth-order valence-electron chi connectivity index (χ4n) is 6.58. The molecule has 0 bridgehead atoms. The Morgan fingerprint density at radius 2 is 0.804 bits per heavy atom. The summed E-state index contributed by atoms with van der Waals surface area (Å²) >= 11 is 0. The second kappa shape index (κ2) is 20.8. The minimum absolute atomic E-state index is 0.112. The molecule has 4 rings (SSSR count). The summed E-state index contributed by atoms with van der Waals surface area (Å²) in [6.45, 7) is -4.84. The predicted octanol–water partition coefficient (Wildman–Crippen LogP) is -12.1. The Hall–Kier alpha value is -1.33. The third-order valence-electron chi connectivity index (χ3n) is 9.87. The van der Waals surface area contributed by atoms with Gasteiger partial charge in [-0.15, -0.1) is 0 Å². The third kappa shape index (κ3) is 9.99. The third-order valence-corrected chi connectivity index (χ3v) is 9.87. The second-order valence-electron chi connectivity index (χ2n) is 13.6. The highest BCUT2D eigenvalue weighted by Crippen LogP contribution is 2.34. The van der Waals surface area contributed by atoms with Gasteiger partial charge in [0.05, 0.1) is 33.0 Å². The summed E-state index contributed by atoms with van der Waals surface area (Å²) in [5, 5.41) is 175. The van der Waals surface area contributed by atoms with Crippen LogP contribution in [-0.2, 0) is 42.7 Å². The van der Waals surface area contributed by atoms with E-state index in [1.807, 2.05) is 0 Å². The molecule has 56 heavy (non-hydrogen) atoms. The highest BCUT2D eigenvalue weighted by Gasteiger charge is 2.55. The van der Waals surface area contributed by atoms with Gasteiger partial charge in [-0.05, 0) is 0 Å². The topological polar surface area (TPSA) is 435 Å². The minimum atomic E-state index is -2.17. The van der Waals surface area contributed by atoms with E-state index in [2.05, 4.69) is 0 Å². The van der Waals surface area contributed by atoms with Crippen LogP contribution in [-0.4, -0.2) is 273 Å². The van der Waals surface area contributed by atoms with Crippen molar-refractivity contribution < 1.29 is 130 Å². The van der Waals surface area contributed by atoms with Gasteiger partial charge in [0.15, 0.2) is 31.4 Å². The van der Waals surface area contributed by atoms with Crippen molar-refractivity contribution in [3.8, 4) is 0 Å². The van der Waals surface area contributed by atoms with Crippen molar-refractivity contribution in [2.75, 3.05) is 33.0 Å². The van der Waals surface area contributed by atoms with E-state index in [0.29, 0.717) is 0 Å². The van der Waals surface area contributed by atoms with Gasteiger partial charge in [0.25, 0.3) is 0 Å². The monoisotopic (exact) mass is 828 g/mol. The van der Waals surface area contributed by atoms with Crippen LogP contribution < -0.4 is 0 Å². The summed E-state index contributed by atoms with van der Waals surface area (Å²) in [6, 6.07) is 0. The first kappa shape index (κ1) is 47.3. The Bertz CT molecular complexity index is 1180. The second-order valence-corrected chi connectivity index (χ2v) is 13.6. The van der Waals surface area contributed by atoms with Gasteiger partial charge in [0.1, 0.15) is 122 Å². The van der Waals surface area contributed by atoms with Crippen molar-refractivity contribution in [2.45, 2.75) is 147 Å². The van der Waals surface area contributed by atoms with Crippen molar-refractivity contribution in [3.63, 3.8) is 0 Å². The predicted molar refractivity (Wildman–Crippen MR) is 168 cm³/mol.